The van der Waals surface area contributed by atoms with Crippen molar-refractivity contribution in [2.24, 2.45) is 5.92 Å². The lowest BCUT2D eigenvalue weighted by atomic mass is 9.80. The largest absolute Gasteiger partial charge is 0.456 e. The Hall–Kier alpha value is -6.56. The fourth-order valence-electron chi connectivity index (χ4n) is 8.66. The Morgan fingerprint density at radius 3 is 2.06 bits per heavy atom. The smallest absolute Gasteiger partial charge is 0.137 e. The number of fused-ring (bicyclic) bond motifs is 8. The van der Waals surface area contributed by atoms with Crippen molar-refractivity contribution in [1.29, 1.82) is 10.5 Å². The van der Waals surface area contributed by atoms with Crippen molar-refractivity contribution in [3.8, 4) is 17.8 Å². The summed E-state index contributed by atoms with van der Waals surface area (Å²) in [6.07, 6.45) is 7.62. The van der Waals surface area contributed by atoms with E-state index in [0.717, 1.165) is 100 Å². The van der Waals surface area contributed by atoms with Gasteiger partial charge in [0.15, 0.2) is 0 Å². The van der Waals surface area contributed by atoms with E-state index in [4.69, 9.17) is 4.42 Å². The summed E-state index contributed by atoms with van der Waals surface area (Å²) >= 11 is 0. The van der Waals surface area contributed by atoms with Crippen molar-refractivity contribution < 1.29 is 4.42 Å². The first-order valence-electron chi connectivity index (χ1n) is 18.0. The topological polar surface area (TPSA) is 70.6 Å². The average molecular weight is 673 g/mol. The summed E-state index contributed by atoms with van der Waals surface area (Å²) in [7, 11) is 0. The first-order chi connectivity index (χ1) is 25.5. The van der Waals surface area contributed by atoms with Gasteiger partial charge in [-0.3, -0.25) is 0 Å². The number of hydrogen-bond donors (Lipinski definition) is 0. The molecule has 1 aliphatic rings. The summed E-state index contributed by atoms with van der Waals surface area (Å²) < 4.78 is 11.0. The van der Waals surface area contributed by atoms with Gasteiger partial charge in [-0.1, -0.05) is 86.7 Å². The molecule has 3 heterocycles. The zero-order valence-corrected chi connectivity index (χ0v) is 29.7. The number of hydrogen-bond acceptors (Lipinski definition) is 3. The second-order valence-corrected chi connectivity index (χ2v) is 13.8. The van der Waals surface area contributed by atoms with E-state index in [9.17, 15) is 10.5 Å². The molecule has 0 N–H and O–H groups in total. The number of rotatable bonds is 5. The van der Waals surface area contributed by atoms with Crippen LogP contribution in [0.15, 0.2) is 119 Å². The lowest BCUT2D eigenvalue weighted by molar-refractivity contribution is 0.599. The maximum absolute atomic E-state index is 11.3. The van der Waals surface area contributed by atoms with Crippen LogP contribution in [0.1, 0.15) is 55.2 Å². The molecule has 52 heavy (non-hydrogen) atoms. The molecule has 0 aliphatic heterocycles. The molecule has 0 spiro atoms. The predicted molar refractivity (Wildman–Crippen MR) is 214 cm³/mol. The van der Waals surface area contributed by atoms with Crippen LogP contribution in [-0.4, -0.2) is 9.13 Å². The van der Waals surface area contributed by atoms with E-state index in [1.54, 1.807) is 0 Å². The molecule has 9 rings (SSSR count). The molecule has 5 aromatic carbocycles. The standard InChI is InChI=1S/C47H36N4O/c1-5-13-42-31(6-2)45-43(52-42)23-22-35-34-16-9-12-19-40(34)51(47(35)45)41-25-28(3)24-36(37(41)27-49)44-29(4)20-21-30(26-48)46(44)50-38-17-10-7-14-32(38)33-15-8-11-18-39(33)50/h5,7-19,21-25,29H,6,20H2,1-4H3/b13-5-. The van der Waals surface area contributed by atoms with Crippen LogP contribution in [-0.2, 0) is 6.42 Å². The molecule has 0 fully saturated rings. The Labute approximate surface area is 302 Å². The summed E-state index contributed by atoms with van der Waals surface area (Å²) in [5, 5.41) is 27.6. The van der Waals surface area contributed by atoms with Crippen LogP contribution in [0.5, 0.6) is 0 Å². The van der Waals surface area contributed by atoms with Crippen molar-refractivity contribution in [1.82, 2.24) is 9.13 Å². The third kappa shape index (κ3) is 4.39. The summed E-state index contributed by atoms with van der Waals surface area (Å²) in [6, 6.07) is 39.0. The number of furan rings is 1. The van der Waals surface area contributed by atoms with Gasteiger partial charge in [-0.2, -0.15) is 10.5 Å². The predicted octanol–water partition coefficient (Wildman–Crippen LogP) is 12.3. The van der Waals surface area contributed by atoms with Gasteiger partial charge in [0.25, 0.3) is 0 Å². The summed E-state index contributed by atoms with van der Waals surface area (Å²) in [5.74, 6) is 0.908. The first-order valence-corrected chi connectivity index (χ1v) is 18.0. The molecule has 0 bridgehead atoms. The number of para-hydroxylation sites is 3. The highest BCUT2D eigenvalue weighted by molar-refractivity contribution is 6.19. The molecule has 0 radical (unpaired) electrons. The third-order valence-electron chi connectivity index (χ3n) is 10.8. The minimum atomic E-state index is 0.0441. The molecule has 5 nitrogen and oxygen atoms in total. The highest BCUT2D eigenvalue weighted by Crippen LogP contribution is 2.47. The van der Waals surface area contributed by atoms with Gasteiger partial charge in [0.05, 0.1) is 44.6 Å². The monoisotopic (exact) mass is 672 g/mol. The highest BCUT2D eigenvalue weighted by Gasteiger charge is 2.30. The lowest BCUT2D eigenvalue weighted by Crippen LogP contribution is -2.14. The minimum absolute atomic E-state index is 0.0441. The third-order valence-corrected chi connectivity index (χ3v) is 10.8. The van der Waals surface area contributed by atoms with Gasteiger partial charge in [0, 0.05) is 38.1 Å². The maximum atomic E-state index is 11.3. The van der Waals surface area contributed by atoms with Crippen LogP contribution < -0.4 is 0 Å². The Morgan fingerprint density at radius 1 is 0.808 bits per heavy atom. The number of benzene rings is 5. The highest BCUT2D eigenvalue weighted by atomic mass is 16.3. The minimum Gasteiger partial charge on any atom is -0.456 e. The zero-order valence-electron chi connectivity index (χ0n) is 29.7. The van der Waals surface area contributed by atoms with Crippen LogP contribution in [0, 0.1) is 35.5 Å². The van der Waals surface area contributed by atoms with E-state index in [-0.39, 0.29) is 5.92 Å². The van der Waals surface area contributed by atoms with Gasteiger partial charge in [-0.05, 0) is 86.2 Å². The molecule has 8 aromatic rings. The molecule has 0 saturated carbocycles. The molecule has 3 aromatic heterocycles. The maximum Gasteiger partial charge on any atom is 0.137 e. The van der Waals surface area contributed by atoms with Crippen molar-refractivity contribution >= 4 is 71.9 Å². The molecule has 1 aliphatic carbocycles. The Bertz CT molecular complexity index is 2930. The van der Waals surface area contributed by atoms with E-state index in [1.165, 1.54) is 0 Å². The molecule has 0 saturated heterocycles. The molecule has 0 amide bonds. The zero-order chi connectivity index (χ0) is 35.7. The van der Waals surface area contributed by atoms with E-state index in [2.05, 4.69) is 145 Å². The molecule has 5 heteroatoms. The molecular formula is C47H36N4O. The van der Waals surface area contributed by atoms with Gasteiger partial charge in [0.2, 0.25) is 0 Å². The Balaban J connectivity index is 1.45. The molecule has 250 valence electrons. The summed E-state index contributed by atoms with van der Waals surface area (Å²) in [6.45, 7) is 8.49. The van der Waals surface area contributed by atoms with Gasteiger partial charge in [-0.15, -0.1) is 0 Å². The number of nitriles is 2. The SMILES string of the molecule is C/C=C\c1oc2ccc3c4ccccc4n(-c4cc(C)cc(C5=C(n6c7ccccc7c7ccccc76)C(C#N)=CCC5C)c4C#N)c3c2c1CC. The van der Waals surface area contributed by atoms with Crippen molar-refractivity contribution in [3.63, 3.8) is 0 Å². The first kappa shape index (κ1) is 31.4. The molecular weight excluding hydrogens is 637 g/mol. The van der Waals surface area contributed by atoms with Crippen LogP contribution >= 0.6 is 0 Å². The van der Waals surface area contributed by atoms with Gasteiger partial charge >= 0.3 is 0 Å². The van der Waals surface area contributed by atoms with E-state index < -0.39 is 0 Å². The average Bonchev–Trinajstić information content (AvgIpc) is 3.81. The van der Waals surface area contributed by atoms with Gasteiger partial charge in [-0.25, -0.2) is 0 Å². The fourth-order valence-corrected chi connectivity index (χ4v) is 8.66. The van der Waals surface area contributed by atoms with E-state index in [0.29, 0.717) is 17.6 Å². The second-order valence-electron chi connectivity index (χ2n) is 13.8. The Morgan fingerprint density at radius 2 is 1.44 bits per heavy atom. The van der Waals surface area contributed by atoms with Crippen molar-refractivity contribution in [3.05, 3.63) is 143 Å². The van der Waals surface area contributed by atoms with Crippen molar-refractivity contribution in [2.75, 3.05) is 0 Å². The van der Waals surface area contributed by atoms with Crippen molar-refractivity contribution in [2.45, 2.75) is 40.5 Å². The number of allylic oxidation sites excluding steroid dienone is 5. The quantitative estimate of drug-likeness (QED) is 0.183. The summed E-state index contributed by atoms with van der Waals surface area (Å²) in [4.78, 5) is 0. The molecule has 1 atom stereocenters. The lowest BCUT2D eigenvalue weighted by Gasteiger charge is -2.28. The number of nitrogens with zero attached hydrogens (tertiary/aromatic N) is 4. The second kappa shape index (κ2) is 12.0. The number of aromatic nitrogens is 2. The van der Waals surface area contributed by atoms with Crippen LogP contribution in [0.25, 0.3) is 77.6 Å². The van der Waals surface area contributed by atoms with E-state index in [1.807, 2.05) is 19.1 Å². The van der Waals surface area contributed by atoms with Crippen LogP contribution in [0.3, 0.4) is 0 Å². The van der Waals surface area contributed by atoms with Gasteiger partial charge < -0.3 is 13.6 Å². The fraction of sp³-hybridized carbons (Fsp3) is 0.149. The summed E-state index contributed by atoms with van der Waals surface area (Å²) in [5.41, 5.74) is 11.9. The van der Waals surface area contributed by atoms with Crippen LogP contribution in [0.4, 0.5) is 0 Å². The Kier molecular flexibility index (Phi) is 7.28. The van der Waals surface area contributed by atoms with Gasteiger partial charge in [0.1, 0.15) is 23.5 Å². The van der Waals surface area contributed by atoms with E-state index >= 15 is 0 Å². The van der Waals surface area contributed by atoms with Crippen LogP contribution in [0.2, 0.25) is 0 Å². The molecule has 1 unspecified atom stereocenters. The normalized spacial score (nSPS) is 15.0. The number of aryl methyl sites for hydroxylation is 2.